The minimum atomic E-state index is -0.720. The van der Waals surface area contributed by atoms with Gasteiger partial charge in [-0.1, -0.05) is 30.7 Å². The summed E-state index contributed by atoms with van der Waals surface area (Å²) in [6, 6.07) is 16.1. The Hall–Kier alpha value is -2.96. The number of aliphatic hydroxyl groups is 1. The number of piperidine rings is 1. The number of hydrogen-bond donors (Lipinski definition) is 2. The summed E-state index contributed by atoms with van der Waals surface area (Å²) in [7, 11) is 1.62. The quantitative estimate of drug-likeness (QED) is 0.303. The van der Waals surface area contributed by atoms with Crippen LogP contribution >= 0.6 is 0 Å². The lowest BCUT2D eigenvalue weighted by atomic mass is 9.81. The molecule has 1 aliphatic heterocycles. The van der Waals surface area contributed by atoms with Crippen molar-refractivity contribution in [2.24, 2.45) is 11.8 Å². The maximum atomic E-state index is 12.1. The number of methoxy groups -OCH3 is 1. The molecule has 3 atom stereocenters. The van der Waals surface area contributed by atoms with E-state index in [0.29, 0.717) is 19.4 Å². The van der Waals surface area contributed by atoms with Crippen LogP contribution in [0.3, 0.4) is 0 Å². The highest BCUT2D eigenvalue weighted by Gasteiger charge is 2.34. The molecule has 1 fully saturated rings. The number of benzene rings is 2. The summed E-state index contributed by atoms with van der Waals surface area (Å²) in [5.41, 5.74) is 4.41. The van der Waals surface area contributed by atoms with Crippen molar-refractivity contribution in [3.63, 3.8) is 0 Å². The first-order chi connectivity index (χ1) is 18.0. The van der Waals surface area contributed by atoms with Gasteiger partial charge in [0.1, 0.15) is 5.75 Å². The number of aliphatic hydroxyl groups excluding tert-OH is 1. The van der Waals surface area contributed by atoms with E-state index >= 15 is 0 Å². The fourth-order valence-electron chi connectivity index (χ4n) is 5.71. The van der Waals surface area contributed by atoms with Crippen LogP contribution in [0.2, 0.25) is 0 Å². The molecule has 1 saturated heterocycles. The van der Waals surface area contributed by atoms with Crippen molar-refractivity contribution in [1.29, 1.82) is 0 Å². The smallest absolute Gasteiger partial charge is 0.308 e. The average molecular weight is 505 g/mol. The van der Waals surface area contributed by atoms with Gasteiger partial charge in [-0.25, -0.2) is 0 Å². The predicted octanol–water partition coefficient (Wildman–Crippen LogP) is 5.80. The third-order valence-electron chi connectivity index (χ3n) is 7.99. The number of likely N-dealkylation sites (tertiary alicyclic amines) is 1. The van der Waals surface area contributed by atoms with Gasteiger partial charge in [-0.3, -0.25) is 9.78 Å². The van der Waals surface area contributed by atoms with Gasteiger partial charge in [0.2, 0.25) is 0 Å². The maximum absolute atomic E-state index is 12.1. The summed E-state index contributed by atoms with van der Waals surface area (Å²) in [6.07, 6.45) is 7.65. The number of unbranched alkanes of at least 4 members (excludes halogenated alkanes) is 2. The molecule has 6 nitrogen and oxygen atoms in total. The number of carboxylic acids is 1. The zero-order valence-corrected chi connectivity index (χ0v) is 22.1. The molecule has 1 aromatic heterocycles. The zero-order valence-electron chi connectivity index (χ0n) is 22.1. The minimum Gasteiger partial charge on any atom is -0.497 e. The van der Waals surface area contributed by atoms with Crippen LogP contribution in [0.15, 0.2) is 54.7 Å². The Morgan fingerprint density at radius 3 is 2.78 bits per heavy atom. The van der Waals surface area contributed by atoms with Gasteiger partial charge in [0, 0.05) is 18.1 Å². The van der Waals surface area contributed by atoms with Gasteiger partial charge in [0.25, 0.3) is 0 Å². The molecule has 3 aromatic rings. The van der Waals surface area contributed by atoms with E-state index in [1.54, 1.807) is 13.3 Å². The number of aromatic nitrogens is 1. The van der Waals surface area contributed by atoms with Gasteiger partial charge in [-0.2, -0.15) is 0 Å². The Bertz CT molecular complexity index is 1180. The second kappa shape index (κ2) is 13.0. The molecule has 0 amide bonds. The summed E-state index contributed by atoms with van der Waals surface area (Å²) in [6.45, 7) is 4.65. The van der Waals surface area contributed by atoms with Gasteiger partial charge in [-0.05, 0) is 105 Å². The van der Waals surface area contributed by atoms with Crippen LogP contribution in [0.4, 0.5) is 0 Å². The standard InChI is InChI=1S/C31H40N2O4/c1-22-8-5-6-10-23(22)9-4-3-7-18-33-19-16-24(28(21-33)31(35)36)11-14-30(34)26-15-17-32-29-13-12-25(37-2)20-27(26)29/h5-6,8,10,12-13,15,17,20,24,28,30,34H,3-4,7,9,11,14,16,18-19,21H2,1-2H3,(H,35,36)/t24-,28+,30-/m1/s1. The second-order valence-corrected chi connectivity index (χ2v) is 10.4. The van der Waals surface area contributed by atoms with Crippen LogP contribution in [-0.4, -0.2) is 52.8 Å². The van der Waals surface area contributed by atoms with E-state index in [-0.39, 0.29) is 11.8 Å². The SMILES string of the molecule is COc1ccc2nccc([C@H](O)CC[C@@H]3CCN(CCCCCc4ccccc4C)C[C@@H]3C(=O)O)c2c1. The molecule has 2 aromatic carbocycles. The number of aryl methyl sites for hydroxylation is 2. The topological polar surface area (TPSA) is 82.9 Å². The van der Waals surface area contributed by atoms with Crippen LogP contribution < -0.4 is 4.74 Å². The zero-order chi connectivity index (χ0) is 26.2. The molecule has 4 rings (SSSR count). The summed E-state index contributed by atoms with van der Waals surface area (Å²) in [5, 5.41) is 21.9. The van der Waals surface area contributed by atoms with Gasteiger partial charge >= 0.3 is 5.97 Å². The molecular weight excluding hydrogens is 464 g/mol. The van der Waals surface area contributed by atoms with Crippen LogP contribution in [0.5, 0.6) is 5.75 Å². The van der Waals surface area contributed by atoms with E-state index in [4.69, 9.17) is 4.74 Å². The fourth-order valence-corrected chi connectivity index (χ4v) is 5.71. The highest BCUT2D eigenvalue weighted by molar-refractivity contribution is 5.83. The number of pyridine rings is 1. The van der Waals surface area contributed by atoms with Crippen LogP contribution in [0.25, 0.3) is 10.9 Å². The van der Waals surface area contributed by atoms with Crippen molar-refractivity contribution in [3.8, 4) is 5.75 Å². The summed E-state index contributed by atoms with van der Waals surface area (Å²) in [4.78, 5) is 18.8. The van der Waals surface area contributed by atoms with Crippen molar-refractivity contribution in [3.05, 3.63) is 71.4 Å². The lowest BCUT2D eigenvalue weighted by Gasteiger charge is -2.37. The molecule has 6 heteroatoms. The van der Waals surface area contributed by atoms with E-state index in [0.717, 1.165) is 67.4 Å². The Morgan fingerprint density at radius 1 is 1.16 bits per heavy atom. The Balaban J connectivity index is 1.26. The highest BCUT2D eigenvalue weighted by Crippen LogP contribution is 2.34. The molecule has 0 spiro atoms. The van der Waals surface area contributed by atoms with Crippen molar-refractivity contribution >= 4 is 16.9 Å². The molecule has 198 valence electrons. The Kier molecular flexibility index (Phi) is 9.53. The number of rotatable bonds is 12. The summed E-state index contributed by atoms with van der Waals surface area (Å²) >= 11 is 0. The summed E-state index contributed by atoms with van der Waals surface area (Å²) in [5.74, 6) is -0.306. The normalized spacial score (nSPS) is 19.1. The first kappa shape index (κ1) is 27.1. The maximum Gasteiger partial charge on any atom is 0.308 e. The number of aliphatic carboxylic acids is 1. The van der Waals surface area contributed by atoms with Crippen LogP contribution in [-0.2, 0) is 11.2 Å². The number of carbonyl (C=O) groups is 1. The molecule has 2 heterocycles. The van der Waals surface area contributed by atoms with E-state index in [2.05, 4.69) is 41.1 Å². The molecule has 37 heavy (non-hydrogen) atoms. The Morgan fingerprint density at radius 2 is 2.00 bits per heavy atom. The molecule has 2 N–H and O–H groups in total. The van der Waals surface area contributed by atoms with E-state index < -0.39 is 12.1 Å². The largest absolute Gasteiger partial charge is 0.497 e. The van der Waals surface area contributed by atoms with Crippen LogP contribution in [0, 0.1) is 18.8 Å². The minimum absolute atomic E-state index is 0.0760. The lowest BCUT2D eigenvalue weighted by molar-refractivity contribution is -0.146. The van der Waals surface area contributed by atoms with Gasteiger partial charge in [-0.15, -0.1) is 0 Å². The molecule has 0 aliphatic carbocycles. The number of hydrogen-bond acceptors (Lipinski definition) is 5. The van der Waals surface area contributed by atoms with Crippen LogP contribution in [0.1, 0.15) is 61.3 Å². The van der Waals surface area contributed by atoms with E-state index in [1.807, 2.05) is 24.3 Å². The Labute approximate surface area is 220 Å². The number of carboxylic acid groups (broad SMARTS) is 1. The molecule has 0 unspecified atom stereocenters. The second-order valence-electron chi connectivity index (χ2n) is 10.4. The van der Waals surface area contributed by atoms with Crippen molar-refractivity contribution < 1.29 is 19.7 Å². The average Bonchev–Trinajstić information content (AvgIpc) is 2.92. The molecule has 0 saturated carbocycles. The third-order valence-corrected chi connectivity index (χ3v) is 7.99. The predicted molar refractivity (Wildman–Crippen MR) is 147 cm³/mol. The molecular formula is C31H40N2O4. The number of nitrogens with zero attached hydrogens (tertiary/aromatic N) is 2. The van der Waals surface area contributed by atoms with Gasteiger partial charge in [0.15, 0.2) is 0 Å². The first-order valence-electron chi connectivity index (χ1n) is 13.6. The first-order valence-corrected chi connectivity index (χ1v) is 13.6. The fraction of sp³-hybridized carbons (Fsp3) is 0.484. The third kappa shape index (κ3) is 7.08. The number of ether oxygens (including phenoxy) is 1. The van der Waals surface area contributed by atoms with Gasteiger partial charge < -0.3 is 19.8 Å². The number of fused-ring (bicyclic) bond motifs is 1. The van der Waals surface area contributed by atoms with Crippen molar-refractivity contribution in [1.82, 2.24) is 9.88 Å². The van der Waals surface area contributed by atoms with Crippen molar-refractivity contribution in [2.45, 2.75) is 58.0 Å². The van der Waals surface area contributed by atoms with Gasteiger partial charge in [0.05, 0.1) is 24.6 Å². The molecule has 0 bridgehead atoms. The van der Waals surface area contributed by atoms with E-state index in [1.165, 1.54) is 11.1 Å². The van der Waals surface area contributed by atoms with Crippen molar-refractivity contribution in [2.75, 3.05) is 26.7 Å². The molecule has 1 aliphatic rings. The monoisotopic (exact) mass is 504 g/mol. The molecule has 0 radical (unpaired) electrons. The van der Waals surface area contributed by atoms with E-state index in [9.17, 15) is 15.0 Å². The lowest BCUT2D eigenvalue weighted by Crippen LogP contribution is -2.44. The highest BCUT2D eigenvalue weighted by atomic mass is 16.5. The summed E-state index contributed by atoms with van der Waals surface area (Å²) < 4.78 is 5.35.